The SMILES string of the molecule is CC(C)(C)[Si](OCCC#CC1CCCO1)(c1ccccc1)c1ccccc1. The Morgan fingerprint density at radius 1 is 1.00 bits per heavy atom. The van der Waals surface area contributed by atoms with Crippen molar-refractivity contribution in [1.29, 1.82) is 0 Å². The van der Waals surface area contributed by atoms with E-state index in [0.717, 1.165) is 25.9 Å². The van der Waals surface area contributed by atoms with Crippen LogP contribution >= 0.6 is 0 Å². The van der Waals surface area contributed by atoms with E-state index >= 15 is 0 Å². The van der Waals surface area contributed by atoms with Crippen LogP contribution in [0.15, 0.2) is 60.7 Å². The van der Waals surface area contributed by atoms with E-state index in [9.17, 15) is 0 Å². The maximum Gasteiger partial charge on any atom is 0.261 e. The summed E-state index contributed by atoms with van der Waals surface area (Å²) in [6, 6.07) is 21.5. The Kier molecular flexibility index (Phi) is 6.54. The largest absolute Gasteiger partial charge is 0.406 e. The van der Waals surface area contributed by atoms with Gasteiger partial charge in [0.25, 0.3) is 8.32 Å². The van der Waals surface area contributed by atoms with Crippen LogP contribution in [-0.2, 0) is 9.16 Å². The Morgan fingerprint density at radius 3 is 2.07 bits per heavy atom. The van der Waals surface area contributed by atoms with E-state index in [1.54, 1.807) is 0 Å². The lowest BCUT2D eigenvalue weighted by molar-refractivity contribution is 0.152. The van der Waals surface area contributed by atoms with Gasteiger partial charge in [-0.15, -0.1) is 0 Å². The highest BCUT2D eigenvalue weighted by Crippen LogP contribution is 2.36. The van der Waals surface area contributed by atoms with Crippen LogP contribution in [0.4, 0.5) is 0 Å². The number of rotatable bonds is 5. The zero-order valence-corrected chi connectivity index (χ0v) is 17.7. The molecule has 1 heterocycles. The molecule has 142 valence electrons. The maximum atomic E-state index is 6.83. The van der Waals surface area contributed by atoms with Crippen molar-refractivity contribution in [2.75, 3.05) is 13.2 Å². The second-order valence-corrected chi connectivity index (χ2v) is 12.4. The third-order valence-electron chi connectivity index (χ3n) is 5.16. The molecule has 0 radical (unpaired) electrons. The summed E-state index contributed by atoms with van der Waals surface area (Å²) in [5.74, 6) is 6.53. The van der Waals surface area contributed by atoms with Gasteiger partial charge in [-0.05, 0) is 28.3 Å². The monoisotopic (exact) mass is 378 g/mol. The Morgan fingerprint density at radius 2 is 1.59 bits per heavy atom. The average molecular weight is 379 g/mol. The molecule has 1 aliphatic heterocycles. The van der Waals surface area contributed by atoms with Gasteiger partial charge in [0.2, 0.25) is 0 Å². The van der Waals surface area contributed by atoms with Gasteiger partial charge in [-0.3, -0.25) is 0 Å². The summed E-state index contributed by atoms with van der Waals surface area (Å²) in [6.45, 7) is 8.40. The lowest BCUT2D eigenvalue weighted by Gasteiger charge is -2.43. The number of ether oxygens (including phenoxy) is 1. The molecule has 0 N–H and O–H groups in total. The highest BCUT2D eigenvalue weighted by atomic mass is 28.4. The summed E-state index contributed by atoms with van der Waals surface area (Å²) < 4.78 is 12.4. The van der Waals surface area contributed by atoms with Gasteiger partial charge in [-0.25, -0.2) is 0 Å². The molecule has 1 atom stereocenters. The molecule has 3 rings (SSSR count). The Balaban J connectivity index is 1.87. The summed E-state index contributed by atoms with van der Waals surface area (Å²) in [7, 11) is -2.43. The molecule has 1 aliphatic rings. The smallest absolute Gasteiger partial charge is 0.261 e. The normalized spacial score (nSPS) is 17.4. The van der Waals surface area contributed by atoms with Crippen LogP contribution in [0.25, 0.3) is 0 Å². The highest BCUT2D eigenvalue weighted by Gasteiger charge is 2.49. The quantitative estimate of drug-likeness (QED) is 0.442. The molecular weight excluding hydrogens is 348 g/mol. The van der Waals surface area contributed by atoms with Crippen LogP contribution in [0, 0.1) is 11.8 Å². The first-order valence-electron chi connectivity index (χ1n) is 9.89. The van der Waals surface area contributed by atoms with Crippen LogP contribution < -0.4 is 10.4 Å². The molecule has 0 amide bonds. The number of hydrogen-bond acceptors (Lipinski definition) is 2. The molecule has 3 heteroatoms. The van der Waals surface area contributed by atoms with Crippen LogP contribution in [-0.4, -0.2) is 27.6 Å². The molecule has 2 nitrogen and oxygen atoms in total. The van der Waals surface area contributed by atoms with Gasteiger partial charge in [-0.1, -0.05) is 93.3 Å². The molecule has 2 aromatic carbocycles. The standard InChI is InChI=1S/C24H30O2Si/c1-24(2,3)27(22-15-6-4-7-16-22,23-17-8-5-9-18-23)26-20-11-10-13-21-14-12-19-25-21/h4-9,15-18,21H,11-12,14,19-20H2,1-3H3. The average Bonchev–Trinajstić information content (AvgIpc) is 3.19. The fourth-order valence-electron chi connectivity index (χ4n) is 3.89. The van der Waals surface area contributed by atoms with Crippen molar-refractivity contribution in [3.63, 3.8) is 0 Å². The van der Waals surface area contributed by atoms with E-state index in [0.29, 0.717) is 6.61 Å². The second kappa shape index (κ2) is 8.88. The molecule has 1 saturated heterocycles. The van der Waals surface area contributed by atoms with Gasteiger partial charge >= 0.3 is 0 Å². The minimum Gasteiger partial charge on any atom is -0.406 e. The van der Waals surface area contributed by atoms with Crippen LogP contribution in [0.2, 0.25) is 5.04 Å². The Labute approximate surface area is 165 Å². The van der Waals surface area contributed by atoms with Crippen molar-refractivity contribution in [2.24, 2.45) is 0 Å². The predicted molar refractivity (Wildman–Crippen MR) is 115 cm³/mol. The third kappa shape index (κ3) is 4.52. The fraction of sp³-hybridized carbons (Fsp3) is 0.417. The van der Waals surface area contributed by atoms with Crippen LogP contribution in [0.1, 0.15) is 40.0 Å². The topological polar surface area (TPSA) is 18.5 Å². The van der Waals surface area contributed by atoms with E-state index < -0.39 is 8.32 Å². The molecule has 0 saturated carbocycles. The summed E-state index contributed by atoms with van der Waals surface area (Å²) in [5, 5.41) is 2.64. The van der Waals surface area contributed by atoms with E-state index in [-0.39, 0.29) is 11.1 Å². The van der Waals surface area contributed by atoms with Crippen molar-refractivity contribution in [3.8, 4) is 11.8 Å². The maximum absolute atomic E-state index is 6.83. The molecule has 1 fully saturated rings. The minimum absolute atomic E-state index is 0.0116. The summed E-state index contributed by atoms with van der Waals surface area (Å²) in [6.07, 6.45) is 3.04. The van der Waals surface area contributed by atoms with Gasteiger partial charge in [0, 0.05) is 19.6 Å². The lowest BCUT2D eigenvalue weighted by atomic mass is 10.2. The minimum atomic E-state index is -2.43. The summed E-state index contributed by atoms with van der Waals surface area (Å²) in [4.78, 5) is 0. The highest BCUT2D eigenvalue weighted by molar-refractivity contribution is 6.99. The molecule has 0 aromatic heterocycles. The fourth-order valence-corrected chi connectivity index (χ4v) is 8.46. The van der Waals surface area contributed by atoms with Gasteiger partial charge in [0.15, 0.2) is 0 Å². The Bertz CT molecular complexity index is 723. The molecule has 27 heavy (non-hydrogen) atoms. The summed E-state index contributed by atoms with van der Waals surface area (Å²) in [5.41, 5.74) is 0. The zero-order valence-electron chi connectivity index (χ0n) is 16.7. The molecule has 0 aliphatic carbocycles. The van der Waals surface area contributed by atoms with Crippen LogP contribution in [0.5, 0.6) is 0 Å². The van der Waals surface area contributed by atoms with E-state index in [1.165, 1.54) is 10.4 Å². The predicted octanol–water partition coefficient (Wildman–Crippen LogP) is 4.14. The Hall–Kier alpha value is -1.86. The second-order valence-electron chi connectivity index (χ2n) is 8.08. The first-order valence-corrected chi connectivity index (χ1v) is 11.8. The van der Waals surface area contributed by atoms with E-state index in [4.69, 9.17) is 9.16 Å². The van der Waals surface area contributed by atoms with E-state index in [1.807, 2.05) is 0 Å². The van der Waals surface area contributed by atoms with Crippen molar-refractivity contribution in [2.45, 2.75) is 51.2 Å². The van der Waals surface area contributed by atoms with Crippen molar-refractivity contribution in [3.05, 3.63) is 60.7 Å². The molecule has 2 aromatic rings. The van der Waals surface area contributed by atoms with Gasteiger partial charge in [0.1, 0.15) is 6.10 Å². The van der Waals surface area contributed by atoms with Crippen molar-refractivity contribution < 1.29 is 9.16 Å². The van der Waals surface area contributed by atoms with Gasteiger partial charge in [0.05, 0.1) is 0 Å². The number of hydrogen-bond donors (Lipinski definition) is 0. The third-order valence-corrected chi connectivity index (χ3v) is 10.2. The molecular formula is C24H30O2Si. The zero-order chi connectivity index (χ0) is 19.2. The molecule has 1 unspecified atom stereocenters. The number of benzene rings is 2. The van der Waals surface area contributed by atoms with Crippen LogP contribution in [0.3, 0.4) is 0 Å². The van der Waals surface area contributed by atoms with Gasteiger partial charge in [-0.2, -0.15) is 0 Å². The first-order chi connectivity index (χ1) is 13.0. The lowest BCUT2D eigenvalue weighted by Crippen LogP contribution is -2.66. The summed E-state index contributed by atoms with van der Waals surface area (Å²) >= 11 is 0. The molecule has 0 spiro atoms. The van der Waals surface area contributed by atoms with Gasteiger partial charge < -0.3 is 9.16 Å². The van der Waals surface area contributed by atoms with Crippen molar-refractivity contribution >= 4 is 18.7 Å². The van der Waals surface area contributed by atoms with E-state index in [2.05, 4.69) is 93.3 Å². The first kappa shape index (κ1) is 19.9. The van der Waals surface area contributed by atoms with Crippen molar-refractivity contribution in [1.82, 2.24) is 0 Å². The molecule has 0 bridgehead atoms.